The second-order valence-electron chi connectivity index (χ2n) is 4.32. The van der Waals surface area contributed by atoms with Gasteiger partial charge in [0.2, 0.25) is 0 Å². The molecule has 0 radical (unpaired) electrons. The highest BCUT2D eigenvalue weighted by atomic mass is 35.5. The Hall–Kier alpha value is -1.46. The Morgan fingerprint density at radius 1 is 1.47 bits per heavy atom. The molecule has 0 spiro atoms. The van der Waals surface area contributed by atoms with Gasteiger partial charge in [-0.15, -0.1) is 11.3 Å². The van der Waals surface area contributed by atoms with Crippen LogP contribution < -0.4 is 0 Å². The molecule has 19 heavy (non-hydrogen) atoms. The largest absolute Gasteiger partial charge is 0.477 e. The fourth-order valence-electron chi connectivity index (χ4n) is 1.65. The van der Waals surface area contributed by atoms with E-state index in [9.17, 15) is 9.18 Å². The summed E-state index contributed by atoms with van der Waals surface area (Å²) in [6.07, 6.45) is 0. The van der Waals surface area contributed by atoms with Gasteiger partial charge < -0.3 is 5.11 Å². The standard InChI is InChI=1S/C13H11ClFNO2S/c1-6(2)10-11(13(17)18)19-12(16-10)8-4-3-7(15)5-9(8)14/h3-6H,1-2H3,(H,17,18). The number of carboxylic acids is 1. The van der Waals surface area contributed by atoms with E-state index in [-0.39, 0.29) is 15.8 Å². The smallest absolute Gasteiger partial charge is 0.347 e. The number of rotatable bonds is 3. The first-order valence-electron chi connectivity index (χ1n) is 5.59. The summed E-state index contributed by atoms with van der Waals surface area (Å²) in [6.45, 7) is 3.75. The lowest BCUT2D eigenvalue weighted by Gasteiger charge is -2.01. The number of nitrogens with zero attached hydrogens (tertiary/aromatic N) is 1. The van der Waals surface area contributed by atoms with Gasteiger partial charge >= 0.3 is 5.97 Å². The number of aromatic nitrogens is 1. The van der Waals surface area contributed by atoms with Gasteiger partial charge in [-0.25, -0.2) is 14.2 Å². The summed E-state index contributed by atoms with van der Waals surface area (Å²) in [4.78, 5) is 15.7. The summed E-state index contributed by atoms with van der Waals surface area (Å²) in [5.74, 6) is -1.45. The van der Waals surface area contributed by atoms with Crippen LogP contribution in [0.5, 0.6) is 0 Å². The van der Waals surface area contributed by atoms with Crippen molar-refractivity contribution in [1.82, 2.24) is 4.98 Å². The molecule has 1 N–H and O–H groups in total. The van der Waals surface area contributed by atoms with Crippen LogP contribution in [0.15, 0.2) is 18.2 Å². The molecule has 2 aromatic rings. The number of carbonyl (C=O) groups is 1. The maximum absolute atomic E-state index is 13.0. The van der Waals surface area contributed by atoms with Crippen LogP contribution in [0.25, 0.3) is 10.6 Å². The highest BCUT2D eigenvalue weighted by Gasteiger charge is 2.21. The topological polar surface area (TPSA) is 50.2 Å². The molecular weight excluding hydrogens is 289 g/mol. The van der Waals surface area contributed by atoms with Crippen molar-refractivity contribution in [1.29, 1.82) is 0 Å². The fraction of sp³-hybridized carbons (Fsp3) is 0.231. The van der Waals surface area contributed by atoms with Crippen LogP contribution in [0.1, 0.15) is 35.1 Å². The van der Waals surface area contributed by atoms with Crippen LogP contribution in [-0.4, -0.2) is 16.1 Å². The molecule has 1 aromatic heterocycles. The van der Waals surface area contributed by atoms with Crippen molar-refractivity contribution in [3.63, 3.8) is 0 Å². The second kappa shape index (κ2) is 5.27. The van der Waals surface area contributed by atoms with Crippen LogP contribution in [0.3, 0.4) is 0 Å². The number of benzene rings is 1. The zero-order valence-corrected chi connectivity index (χ0v) is 11.8. The summed E-state index contributed by atoms with van der Waals surface area (Å²) < 4.78 is 13.0. The van der Waals surface area contributed by atoms with E-state index >= 15 is 0 Å². The first-order chi connectivity index (χ1) is 8.90. The van der Waals surface area contributed by atoms with Crippen LogP contribution in [0.4, 0.5) is 4.39 Å². The normalized spacial score (nSPS) is 11.0. The third-order valence-electron chi connectivity index (χ3n) is 2.56. The summed E-state index contributed by atoms with van der Waals surface area (Å²) in [7, 11) is 0. The van der Waals surface area contributed by atoms with E-state index in [0.717, 1.165) is 11.3 Å². The number of thiazole rings is 1. The van der Waals surface area contributed by atoms with Gasteiger partial charge in [-0.2, -0.15) is 0 Å². The van der Waals surface area contributed by atoms with E-state index in [4.69, 9.17) is 16.7 Å². The Kier molecular flexibility index (Phi) is 3.87. The molecule has 2 rings (SSSR count). The zero-order chi connectivity index (χ0) is 14.2. The summed E-state index contributed by atoms with van der Waals surface area (Å²) in [5, 5.41) is 9.88. The Bertz CT molecular complexity index is 640. The van der Waals surface area contributed by atoms with Gasteiger partial charge in [0.15, 0.2) is 0 Å². The van der Waals surface area contributed by atoms with Crippen molar-refractivity contribution >= 4 is 28.9 Å². The van der Waals surface area contributed by atoms with E-state index in [1.54, 1.807) is 0 Å². The van der Waals surface area contributed by atoms with Gasteiger partial charge in [-0.05, 0) is 24.1 Å². The summed E-state index contributed by atoms with van der Waals surface area (Å²) >= 11 is 7.02. The minimum Gasteiger partial charge on any atom is -0.477 e. The first-order valence-corrected chi connectivity index (χ1v) is 6.79. The molecule has 0 saturated heterocycles. The van der Waals surface area contributed by atoms with Crippen molar-refractivity contribution in [2.24, 2.45) is 0 Å². The Labute approximate surface area is 118 Å². The molecule has 100 valence electrons. The number of halogens is 2. The van der Waals surface area contributed by atoms with Crippen molar-refractivity contribution < 1.29 is 14.3 Å². The lowest BCUT2D eigenvalue weighted by molar-refractivity contribution is 0.0700. The average molecular weight is 300 g/mol. The minimum absolute atomic E-state index is 0.00433. The van der Waals surface area contributed by atoms with Gasteiger partial charge in [0.05, 0.1) is 10.7 Å². The van der Waals surface area contributed by atoms with Crippen molar-refractivity contribution in [2.45, 2.75) is 19.8 Å². The van der Waals surface area contributed by atoms with E-state index in [1.807, 2.05) is 13.8 Å². The number of hydrogen-bond donors (Lipinski definition) is 1. The SMILES string of the molecule is CC(C)c1nc(-c2ccc(F)cc2Cl)sc1C(=O)O. The molecular formula is C13H11ClFNO2S. The molecule has 3 nitrogen and oxygen atoms in total. The van der Waals surface area contributed by atoms with E-state index in [2.05, 4.69) is 4.98 Å². The molecule has 0 fully saturated rings. The Balaban J connectivity index is 2.57. The fourth-order valence-corrected chi connectivity index (χ4v) is 3.07. The van der Waals surface area contributed by atoms with Gasteiger partial charge in [0, 0.05) is 5.56 Å². The van der Waals surface area contributed by atoms with Crippen LogP contribution in [0, 0.1) is 5.82 Å². The molecule has 0 aliphatic heterocycles. The molecule has 0 aliphatic rings. The van der Waals surface area contributed by atoms with Gasteiger partial charge in [-0.1, -0.05) is 25.4 Å². The monoisotopic (exact) mass is 299 g/mol. The second-order valence-corrected chi connectivity index (χ2v) is 5.72. The van der Waals surface area contributed by atoms with E-state index in [0.29, 0.717) is 16.3 Å². The molecule has 1 aromatic carbocycles. The third kappa shape index (κ3) is 2.77. The van der Waals surface area contributed by atoms with Crippen molar-refractivity contribution in [2.75, 3.05) is 0 Å². The third-order valence-corrected chi connectivity index (χ3v) is 3.96. The molecule has 0 aliphatic carbocycles. The van der Waals surface area contributed by atoms with E-state index < -0.39 is 11.8 Å². The van der Waals surface area contributed by atoms with Crippen LogP contribution in [0.2, 0.25) is 5.02 Å². The number of carboxylic acid groups (broad SMARTS) is 1. The first kappa shape index (κ1) is 14.0. The van der Waals surface area contributed by atoms with Gasteiger partial charge in [0.25, 0.3) is 0 Å². The van der Waals surface area contributed by atoms with Crippen LogP contribution >= 0.6 is 22.9 Å². The van der Waals surface area contributed by atoms with Crippen molar-refractivity contribution in [3.8, 4) is 10.6 Å². The highest BCUT2D eigenvalue weighted by Crippen LogP contribution is 2.35. The Morgan fingerprint density at radius 2 is 2.16 bits per heavy atom. The minimum atomic E-state index is -1.01. The molecule has 1 heterocycles. The highest BCUT2D eigenvalue weighted by molar-refractivity contribution is 7.17. The zero-order valence-electron chi connectivity index (χ0n) is 10.3. The molecule has 6 heteroatoms. The molecule has 0 atom stereocenters. The average Bonchev–Trinajstić information content (AvgIpc) is 2.73. The van der Waals surface area contributed by atoms with E-state index in [1.165, 1.54) is 18.2 Å². The van der Waals surface area contributed by atoms with Gasteiger partial charge in [0.1, 0.15) is 15.7 Å². The summed E-state index contributed by atoms with van der Waals surface area (Å²) in [5.41, 5.74) is 1.07. The lowest BCUT2D eigenvalue weighted by atomic mass is 10.1. The Morgan fingerprint density at radius 3 is 2.63 bits per heavy atom. The van der Waals surface area contributed by atoms with Crippen LogP contribution in [-0.2, 0) is 0 Å². The quantitative estimate of drug-likeness (QED) is 0.912. The predicted octanol–water partition coefficient (Wildman–Crippen LogP) is 4.42. The summed E-state index contributed by atoms with van der Waals surface area (Å²) in [6, 6.07) is 3.97. The molecule has 0 saturated carbocycles. The lowest BCUT2D eigenvalue weighted by Crippen LogP contribution is -2.00. The molecule has 0 bridgehead atoms. The number of hydrogen-bond acceptors (Lipinski definition) is 3. The maximum Gasteiger partial charge on any atom is 0.347 e. The number of aromatic carboxylic acids is 1. The predicted molar refractivity (Wildman–Crippen MR) is 73.6 cm³/mol. The molecule has 0 amide bonds. The van der Waals surface area contributed by atoms with Crippen molar-refractivity contribution in [3.05, 3.63) is 39.6 Å². The van der Waals surface area contributed by atoms with Gasteiger partial charge in [-0.3, -0.25) is 0 Å². The maximum atomic E-state index is 13.0. The molecule has 0 unspecified atom stereocenters.